The Bertz CT molecular complexity index is 364. The molecule has 0 aromatic heterocycles. The highest BCUT2D eigenvalue weighted by molar-refractivity contribution is 5.20. The van der Waals surface area contributed by atoms with E-state index in [9.17, 15) is 0 Å². The third-order valence-corrected chi connectivity index (χ3v) is 4.01. The predicted octanol–water partition coefficient (Wildman–Crippen LogP) is 1.20. The summed E-state index contributed by atoms with van der Waals surface area (Å²) in [4.78, 5) is 2.48. The second kappa shape index (κ2) is 8.37. The Labute approximate surface area is 121 Å². The van der Waals surface area contributed by atoms with Crippen molar-refractivity contribution < 1.29 is 9.84 Å². The zero-order chi connectivity index (χ0) is 14.2. The zero-order valence-electron chi connectivity index (χ0n) is 12.1. The molecule has 3 N–H and O–H groups in total. The molecule has 1 aliphatic rings. The summed E-state index contributed by atoms with van der Waals surface area (Å²) >= 11 is 0. The maximum atomic E-state index is 8.78. The van der Waals surface area contributed by atoms with Crippen LogP contribution in [-0.4, -0.2) is 55.5 Å². The van der Waals surface area contributed by atoms with Crippen molar-refractivity contribution >= 4 is 0 Å². The average Bonchev–Trinajstić information content (AvgIpc) is 2.52. The van der Waals surface area contributed by atoms with Gasteiger partial charge >= 0.3 is 0 Å². The summed E-state index contributed by atoms with van der Waals surface area (Å²) in [6, 6.07) is 10.5. The molecule has 1 aromatic rings. The molecule has 1 saturated heterocycles. The number of nitrogens with zero attached hydrogens (tertiary/aromatic N) is 1. The maximum absolute atomic E-state index is 8.78. The standard InChI is InChI=1S/C16H26N2O2/c17-12-15(14-4-2-1-3-5-14)13-18-8-6-16(7-9-18)20-11-10-19/h1-5,15-16,19H,6-13,17H2. The number of piperidine rings is 1. The van der Waals surface area contributed by atoms with E-state index in [-0.39, 0.29) is 6.61 Å². The molecule has 1 aromatic carbocycles. The minimum absolute atomic E-state index is 0.115. The van der Waals surface area contributed by atoms with Crippen LogP contribution < -0.4 is 5.73 Å². The van der Waals surface area contributed by atoms with Gasteiger partial charge in [-0.3, -0.25) is 0 Å². The average molecular weight is 278 g/mol. The van der Waals surface area contributed by atoms with E-state index in [4.69, 9.17) is 15.6 Å². The normalized spacial score (nSPS) is 19.1. The Morgan fingerprint density at radius 2 is 1.95 bits per heavy atom. The quantitative estimate of drug-likeness (QED) is 0.787. The zero-order valence-corrected chi connectivity index (χ0v) is 12.1. The monoisotopic (exact) mass is 278 g/mol. The van der Waals surface area contributed by atoms with Crippen molar-refractivity contribution in [2.75, 3.05) is 39.4 Å². The number of hydrogen-bond acceptors (Lipinski definition) is 4. The lowest BCUT2D eigenvalue weighted by Crippen LogP contribution is -2.40. The summed E-state index contributed by atoms with van der Waals surface area (Å²) in [6.07, 6.45) is 2.41. The molecule has 4 heteroatoms. The van der Waals surface area contributed by atoms with Crippen LogP contribution in [0.2, 0.25) is 0 Å². The molecule has 1 unspecified atom stereocenters. The van der Waals surface area contributed by atoms with Gasteiger partial charge in [0, 0.05) is 32.1 Å². The van der Waals surface area contributed by atoms with Crippen molar-refractivity contribution in [1.29, 1.82) is 0 Å². The molecule has 1 aliphatic heterocycles. The Kier molecular flexibility index (Phi) is 6.47. The van der Waals surface area contributed by atoms with Gasteiger partial charge in [-0.05, 0) is 18.4 Å². The molecule has 20 heavy (non-hydrogen) atoms. The lowest BCUT2D eigenvalue weighted by Gasteiger charge is -2.34. The molecule has 0 radical (unpaired) electrons. The fourth-order valence-electron chi connectivity index (χ4n) is 2.83. The van der Waals surface area contributed by atoms with Crippen LogP contribution in [0.3, 0.4) is 0 Å². The van der Waals surface area contributed by atoms with Gasteiger partial charge in [-0.1, -0.05) is 30.3 Å². The Balaban J connectivity index is 1.79. The Morgan fingerprint density at radius 3 is 2.55 bits per heavy atom. The van der Waals surface area contributed by atoms with Gasteiger partial charge in [-0.25, -0.2) is 0 Å². The van der Waals surface area contributed by atoms with Crippen LogP contribution in [0.4, 0.5) is 0 Å². The van der Waals surface area contributed by atoms with Crippen LogP contribution in [0.1, 0.15) is 24.3 Å². The molecule has 4 nitrogen and oxygen atoms in total. The van der Waals surface area contributed by atoms with E-state index in [1.54, 1.807) is 0 Å². The highest BCUT2D eigenvalue weighted by Gasteiger charge is 2.22. The third-order valence-electron chi connectivity index (χ3n) is 4.01. The minimum atomic E-state index is 0.115. The number of aliphatic hydroxyl groups is 1. The topological polar surface area (TPSA) is 58.7 Å². The first-order valence-corrected chi connectivity index (χ1v) is 7.53. The van der Waals surface area contributed by atoms with Crippen LogP contribution in [0, 0.1) is 0 Å². The summed E-state index contributed by atoms with van der Waals surface area (Å²) < 4.78 is 5.60. The van der Waals surface area contributed by atoms with Crippen LogP contribution in [0.25, 0.3) is 0 Å². The van der Waals surface area contributed by atoms with Crippen LogP contribution >= 0.6 is 0 Å². The molecular weight excluding hydrogens is 252 g/mol. The van der Waals surface area contributed by atoms with Gasteiger partial charge in [0.2, 0.25) is 0 Å². The summed E-state index contributed by atoms with van der Waals surface area (Å²) in [5, 5.41) is 8.78. The lowest BCUT2D eigenvalue weighted by atomic mass is 9.97. The van der Waals surface area contributed by atoms with Gasteiger partial charge in [-0.15, -0.1) is 0 Å². The lowest BCUT2D eigenvalue weighted by molar-refractivity contribution is -0.00844. The van der Waals surface area contributed by atoms with Gasteiger partial charge in [0.25, 0.3) is 0 Å². The van der Waals surface area contributed by atoms with Gasteiger partial charge in [0.1, 0.15) is 0 Å². The number of aliphatic hydroxyl groups excluding tert-OH is 1. The number of hydrogen-bond donors (Lipinski definition) is 2. The van der Waals surface area contributed by atoms with E-state index < -0.39 is 0 Å². The van der Waals surface area contributed by atoms with E-state index in [1.165, 1.54) is 5.56 Å². The van der Waals surface area contributed by atoms with Crippen LogP contribution in [0.15, 0.2) is 30.3 Å². The highest BCUT2D eigenvalue weighted by Crippen LogP contribution is 2.20. The summed E-state index contributed by atoms with van der Waals surface area (Å²) in [7, 11) is 0. The highest BCUT2D eigenvalue weighted by atomic mass is 16.5. The van der Waals surface area contributed by atoms with Gasteiger partial charge in [0.15, 0.2) is 0 Å². The Morgan fingerprint density at radius 1 is 1.25 bits per heavy atom. The minimum Gasteiger partial charge on any atom is -0.394 e. The summed E-state index contributed by atoms with van der Waals surface area (Å²) in [6.45, 7) is 4.39. The first-order chi connectivity index (χ1) is 9.83. The largest absolute Gasteiger partial charge is 0.394 e. The van der Waals surface area contributed by atoms with Gasteiger partial charge in [0.05, 0.1) is 19.3 Å². The summed E-state index contributed by atoms with van der Waals surface area (Å²) in [5.74, 6) is 0.408. The van der Waals surface area contributed by atoms with E-state index in [2.05, 4.69) is 29.2 Å². The molecule has 1 fully saturated rings. The second-order valence-electron chi connectivity index (χ2n) is 5.44. The van der Waals surface area contributed by atoms with E-state index in [0.717, 1.165) is 32.5 Å². The number of benzene rings is 1. The third kappa shape index (κ3) is 4.56. The van der Waals surface area contributed by atoms with Crippen molar-refractivity contribution in [2.24, 2.45) is 5.73 Å². The molecule has 0 aliphatic carbocycles. The predicted molar refractivity (Wildman–Crippen MR) is 80.7 cm³/mol. The molecule has 112 valence electrons. The fraction of sp³-hybridized carbons (Fsp3) is 0.625. The molecule has 1 heterocycles. The molecule has 0 spiro atoms. The van der Waals surface area contributed by atoms with Crippen molar-refractivity contribution in [3.63, 3.8) is 0 Å². The van der Waals surface area contributed by atoms with Crippen LogP contribution in [0.5, 0.6) is 0 Å². The maximum Gasteiger partial charge on any atom is 0.0701 e. The molecular formula is C16H26N2O2. The van der Waals surface area contributed by atoms with E-state index in [1.807, 2.05) is 6.07 Å². The molecule has 2 rings (SSSR count). The van der Waals surface area contributed by atoms with Crippen LogP contribution in [-0.2, 0) is 4.74 Å². The van der Waals surface area contributed by atoms with Gasteiger partial charge in [-0.2, -0.15) is 0 Å². The van der Waals surface area contributed by atoms with Crippen molar-refractivity contribution in [2.45, 2.75) is 24.9 Å². The number of nitrogens with two attached hydrogens (primary N) is 1. The first kappa shape index (κ1) is 15.4. The molecule has 1 atom stereocenters. The Hall–Kier alpha value is -0.940. The fourth-order valence-corrected chi connectivity index (χ4v) is 2.83. The second-order valence-corrected chi connectivity index (χ2v) is 5.44. The first-order valence-electron chi connectivity index (χ1n) is 7.53. The van der Waals surface area contributed by atoms with Crippen molar-refractivity contribution in [3.8, 4) is 0 Å². The molecule has 0 saturated carbocycles. The van der Waals surface area contributed by atoms with E-state index >= 15 is 0 Å². The van der Waals surface area contributed by atoms with Gasteiger partial charge < -0.3 is 20.5 Å². The smallest absolute Gasteiger partial charge is 0.0701 e. The number of ether oxygens (including phenoxy) is 1. The molecule has 0 amide bonds. The molecule has 0 bridgehead atoms. The summed E-state index contributed by atoms with van der Waals surface area (Å²) in [5.41, 5.74) is 7.26. The van der Waals surface area contributed by atoms with Crippen molar-refractivity contribution in [3.05, 3.63) is 35.9 Å². The van der Waals surface area contributed by atoms with E-state index in [0.29, 0.717) is 25.2 Å². The number of rotatable bonds is 7. The number of likely N-dealkylation sites (tertiary alicyclic amines) is 1. The van der Waals surface area contributed by atoms with Crippen molar-refractivity contribution in [1.82, 2.24) is 4.90 Å². The SMILES string of the molecule is NCC(CN1CCC(OCCO)CC1)c1ccccc1.